The lowest BCUT2D eigenvalue weighted by Crippen LogP contribution is -2.05. The largest absolute Gasteiger partial charge is 0.497 e. The fourth-order valence-electron chi connectivity index (χ4n) is 2.45. The number of hydrogen-bond donors (Lipinski definition) is 1. The average Bonchev–Trinajstić information content (AvgIpc) is 2.99. The summed E-state index contributed by atoms with van der Waals surface area (Å²) < 4.78 is 21.2. The number of hydrogen-bond acceptors (Lipinski definition) is 6. The summed E-state index contributed by atoms with van der Waals surface area (Å²) in [5.74, 6) is 1.53. The Morgan fingerprint density at radius 1 is 1.12 bits per heavy atom. The van der Waals surface area contributed by atoms with E-state index in [2.05, 4.69) is 10.5 Å². The van der Waals surface area contributed by atoms with Crippen molar-refractivity contribution < 1.29 is 18.7 Å². The molecule has 0 spiro atoms. The second-order valence-electron chi connectivity index (χ2n) is 5.36. The Balaban J connectivity index is 1.78. The van der Waals surface area contributed by atoms with E-state index < -0.39 is 0 Å². The molecular weight excluding hydrogens is 308 g/mol. The molecule has 126 valence electrons. The maximum Gasteiger partial charge on any atom is 0.188 e. The molecule has 0 radical (unpaired) electrons. The molecule has 0 saturated carbocycles. The van der Waals surface area contributed by atoms with Gasteiger partial charge in [-0.15, -0.1) is 0 Å². The second kappa shape index (κ2) is 7.23. The standard InChI is InChI=1S/C18H20N2O4/c1-12-16-6-4-14(9-18(16)24-20-12)19-10-13-8-15(22-3)5-7-17(13)23-11-21-2/h4-9,19H,10-11H2,1-3H3. The van der Waals surface area contributed by atoms with Crippen LogP contribution in [0.5, 0.6) is 11.5 Å². The number of methoxy groups -OCH3 is 2. The molecule has 0 atom stereocenters. The number of aromatic nitrogens is 1. The third kappa shape index (κ3) is 3.44. The van der Waals surface area contributed by atoms with Crippen molar-refractivity contribution in [1.82, 2.24) is 5.16 Å². The zero-order valence-corrected chi connectivity index (χ0v) is 14.0. The van der Waals surface area contributed by atoms with Crippen LogP contribution in [0.15, 0.2) is 40.9 Å². The van der Waals surface area contributed by atoms with Crippen LogP contribution in [0.1, 0.15) is 11.3 Å². The molecule has 0 amide bonds. The molecule has 6 heteroatoms. The SMILES string of the molecule is COCOc1ccc(OC)cc1CNc1ccc2c(C)noc2c1. The van der Waals surface area contributed by atoms with Crippen LogP contribution < -0.4 is 14.8 Å². The van der Waals surface area contributed by atoms with Crippen molar-refractivity contribution in [3.63, 3.8) is 0 Å². The zero-order chi connectivity index (χ0) is 16.9. The smallest absolute Gasteiger partial charge is 0.188 e. The van der Waals surface area contributed by atoms with Crippen molar-refractivity contribution in [2.24, 2.45) is 0 Å². The Kier molecular flexibility index (Phi) is 4.86. The van der Waals surface area contributed by atoms with E-state index in [1.54, 1.807) is 14.2 Å². The van der Waals surface area contributed by atoms with Crippen LogP contribution in [-0.2, 0) is 11.3 Å². The molecule has 1 aromatic heterocycles. The van der Waals surface area contributed by atoms with Gasteiger partial charge in [-0.25, -0.2) is 0 Å². The molecule has 0 unspecified atom stereocenters. The first-order valence-electron chi connectivity index (χ1n) is 7.60. The molecule has 3 rings (SSSR count). The predicted molar refractivity (Wildman–Crippen MR) is 91.6 cm³/mol. The summed E-state index contributed by atoms with van der Waals surface area (Å²) in [6.07, 6.45) is 0. The van der Waals surface area contributed by atoms with E-state index in [0.717, 1.165) is 39.4 Å². The molecule has 0 aliphatic rings. The van der Waals surface area contributed by atoms with Crippen molar-refractivity contribution in [3.8, 4) is 11.5 Å². The summed E-state index contributed by atoms with van der Waals surface area (Å²) >= 11 is 0. The molecule has 0 fully saturated rings. The van der Waals surface area contributed by atoms with Crippen LogP contribution in [0.2, 0.25) is 0 Å². The summed E-state index contributed by atoms with van der Waals surface area (Å²) in [7, 11) is 3.23. The van der Waals surface area contributed by atoms with E-state index in [0.29, 0.717) is 6.54 Å². The lowest BCUT2D eigenvalue weighted by atomic mass is 10.1. The van der Waals surface area contributed by atoms with Gasteiger partial charge in [0.25, 0.3) is 0 Å². The molecule has 6 nitrogen and oxygen atoms in total. The van der Waals surface area contributed by atoms with Gasteiger partial charge in [0.05, 0.1) is 12.8 Å². The van der Waals surface area contributed by atoms with Gasteiger partial charge in [0.15, 0.2) is 12.4 Å². The molecular formula is C18H20N2O4. The van der Waals surface area contributed by atoms with Gasteiger partial charge in [-0.05, 0) is 37.3 Å². The Morgan fingerprint density at radius 2 is 2.00 bits per heavy atom. The minimum Gasteiger partial charge on any atom is -0.497 e. The molecule has 0 aliphatic carbocycles. The highest BCUT2D eigenvalue weighted by Gasteiger charge is 2.08. The number of benzene rings is 2. The molecule has 0 bridgehead atoms. The van der Waals surface area contributed by atoms with Crippen LogP contribution in [0.4, 0.5) is 5.69 Å². The third-order valence-corrected chi connectivity index (χ3v) is 3.74. The Labute approximate surface area is 140 Å². The topological polar surface area (TPSA) is 65.8 Å². The maximum absolute atomic E-state index is 5.60. The number of nitrogens with one attached hydrogen (secondary N) is 1. The van der Waals surface area contributed by atoms with Crippen LogP contribution in [0, 0.1) is 6.92 Å². The second-order valence-corrected chi connectivity index (χ2v) is 5.36. The lowest BCUT2D eigenvalue weighted by Gasteiger charge is -2.13. The summed E-state index contributed by atoms with van der Waals surface area (Å²) in [6, 6.07) is 11.6. The highest BCUT2D eigenvalue weighted by molar-refractivity contribution is 5.82. The minimum atomic E-state index is 0.197. The number of rotatable bonds is 7. The first kappa shape index (κ1) is 16.1. The van der Waals surface area contributed by atoms with Gasteiger partial charge in [0.1, 0.15) is 11.5 Å². The van der Waals surface area contributed by atoms with Crippen molar-refractivity contribution in [1.29, 1.82) is 0 Å². The maximum atomic E-state index is 5.60. The van der Waals surface area contributed by atoms with E-state index in [4.69, 9.17) is 18.7 Å². The van der Waals surface area contributed by atoms with E-state index in [1.165, 1.54) is 0 Å². The van der Waals surface area contributed by atoms with Crippen LogP contribution in [0.3, 0.4) is 0 Å². The first-order chi connectivity index (χ1) is 11.7. The van der Waals surface area contributed by atoms with Crippen LogP contribution in [-0.4, -0.2) is 26.2 Å². The number of anilines is 1. The van der Waals surface area contributed by atoms with Gasteiger partial charge in [0.2, 0.25) is 0 Å². The van der Waals surface area contributed by atoms with Crippen LogP contribution in [0.25, 0.3) is 11.0 Å². The summed E-state index contributed by atoms with van der Waals surface area (Å²) in [5, 5.41) is 8.36. The fraction of sp³-hybridized carbons (Fsp3) is 0.278. The van der Waals surface area contributed by atoms with Crippen molar-refractivity contribution >= 4 is 16.7 Å². The van der Waals surface area contributed by atoms with Crippen molar-refractivity contribution in [3.05, 3.63) is 47.7 Å². The molecule has 2 aromatic carbocycles. The highest BCUT2D eigenvalue weighted by atomic mass is 16.7. The van der Waals surface area contributed by atoms with E-state index in [9.17, 15) is 0 Å². The van der Waals surface area contributed by atoms with E-state index >= 15 is 0 Å². The fourth-order valence-corrected chi connectivity index (χ4v) is 2.45. The molecule has 0 aliphatic heterocycles. The summed E-state index contributed by atoms with van der Waals surface area (Å²) in [6.45, 7) is 2.70. The number of aryl methyl sites for hydroxylation is 1. The number of nitrogens with zero attached hydrogens (tertiary/aromatic N) is 1. The lowest BCUT2D eigenvalue weighted by molar-refractivity contribution is 0.0504. The highest BCUT2D eigenvalue weighted by Crippen LogP contribution is 2.26. The number of fused-ring (bicyclic) bond motifs is 1. The van der Waals surface area contributed by atoms with Gasteiger partial charge in [0, 0.05) is 36.4 Å². The van der Waals surface area contributed by atoms with E-state index in [-0.39, 0.29) is 6.79 Å². The van der Waals surface area contributed by atoms with Gasteiger partial charge in [-0.1, -0.05) is 5.16 Å². The summed E-state index contributed by atoms with van der Waals surface area (Å²) in [4.78, 5) is 0. The minimum absolute atomic E-state index is 0.197. The van der Waals surface area contributed by atoms with Crippen LogP contribution >= 0.6 is 0 Å². The first-order valence-corrected chi connectivity index (χ1v) is 7.60. The molecule has 1 heterocycles. The van der Waals surface area contributed by atoms with Gasteiger partial charge in [-0.2, -0.15) is 0 Å². The molecule has 3 aromatic rings. The monoisotopic (exact) mass is 328 g/mol. The zero-order valence-electron chi connectivity index (χ0n) is 14.0. The van der Waals surface area contributed by atoms with Crippen molar-refractivity contribution in [2.75, 3.05) is 26.3 Å². The summed E-state index contributed by atoms with van der Waals surface area (Å²) in [5.41, 5.74) is 3.57. The Morgan fingerprint density at radius 3 is 2.79 bits per heavy atom. The van der Waals surface area contributed by atoms with E-state index in [1.807, 2.05) is 43.3 Å². The normalized spacial score (nSPS) is 10.8. The quantitative estimate of drug-likeness (QED) is 0.667. The molecule has 0 saturated heterocycles. The van der Waals surface area contributed by atoms with Gasteiger partial charge in [-0.3, -0.25) is 0 Å². The number of ether oxygens (including phenoxy) is 3. The Hall–Kier alpha value is -2.73. The van der Waals surface area contributed by atoms with Crippen molar-refractivity contribution in [2.45, 2.75) is 13.5 Å². The molecule has 24 heavy (non-hydrogen) atoms. The predicted octanol–water partition coefficient (Wildman–Crippen LogP) is 3.74. The molecule has 1 N–H and O–H groups in total. The van der Waals surface area contributed by atoms with Gasteiger partial charge >= 0.3 is 0 Å². The average molecular weight is 328 g/mol. The Bertz CT molecular complexity index is 829. The third-order valence-electron chi connectivity index (χ3n) is 3.74. The van der Waals surface area contributed by atoms with Gasteiger partial charge < -0.3 is 24.1 Å².